The quantitative estimate of drug-likeness (QED) is 0.745. The molecule has 144 valence electrons. The summed E-state index contributed by atoms with van der Waals surface area (Å²) < 4.78 is 3.86. The summed E-state index contributed by atoms with van der Waals surface area (Å²) >= 11 is 1.17. The van der Waals surface area contributed by atoms with Crippen LogP contribution in [0.1, 0.15) is 15.4 Å². The number of nitrogens with zero attached hydrogens (tertiary/aromatic N) is 8. The van der Waals surface area contributed by atoms with Gasteiger partial charge in [0.2, 0.25) is 0 Å². The van der Waals surface area contributed by atoms with Crippen molar-refractivity contribution in [2.75, 3.05) is 69.2 Å². The molecule has 27 heavy (non-hydrogen) atoms. The third-order valence-electron chi connectivity index (χ3n) is 5.20. The van der Waals surface area contributed by atoms with Gasteiger partial charge < -0.3 is 19.6 Å². The first kappa shape index (κ1) is 18.1. The third kappa shape index (κ3) is 3.86. The normalized spacial score (nSPS) is 18.8. The van der Waals surface area contributed by atoms with Crippen LogP contribution in [0.2, 0.25) is 0 Å². The lowest BCUT2D eigenvalue weighted by Crippen LogP contribution is -2.49. The van der Waals surface area contributed by atoms with Gasteiger partial charge >= 0.3 is 0 Å². The van der Waals surface area contributed by atoms with Gasteiger partial charge in [-0.15, -0.1) is 15.3 Å². The molecule has 0 aliphatic carbocycles. The summed E-state index contributed by atoms with van der Waals surface area (Å²) in [6.45, 7) is 8.72. The first-order valence-electron chi connectivity index (χ1n) is 9.22. The maximum atomic E-state index is 12.6. The second kappa shape index (κ2) is 7.73. The summed E-state index contributed by atoms with van der Waals surface area (Å²) in [6, 6.07) is 4.09. The Balaban J connectivity index is 1.34. The molecule has 1 amide bonds. The van der Waals surface area contributed by atoms with Crippen LogP contribution in [0, 0.1) is 6.92 Å². The molecular weight excluding hydrogens is 364 g/mol. The van der Waals surface area contributed by atoms with Crippen molar-refractivity contribution in [2.45, 2.75) is 6.92 Å². The van der Waals surface area contributed by atoms with Crippen molar-refractivity contribution in [2.24, 2.45) is 0 Å². The number of likely N-dealkylation sites (N-methyl/N-ethyl adjacent to an activating group) is 1. The first-order valence-corrected chi connectivity index (χ1v) is 9.99. The van der Waals surface area contributed by atoms with E-state index in [1.807, 2.05) is 17.9 Å². The fraction of sp³-hybridized carbons (Fsp3) is 0.588. The molecule has 2 aromatic heterocycles. The predicted molar refractivity (Wildman–Crippen MR) is 105 cm³/mol. The molecule has 0 spiro atoms. The van der Waals surface area contributed by atoms with E-state index in [0.717, 1.165) is 50.9 Å². The lowest BCUT2D eigenvalue weighted by molar-refractivity contribution is 0.0750. The number of aromatic nitrogens is 4. The van der Waals surface area contributed by atoms with E-state index in [0.29, 0.717) is 23.7 Å². The van der Waals surface area contributed by atoms with Crippen molar-refractivity contribution < 1.29 is 4.79 Å². The van der Waals surface area contributed by atoms with Gasteiger partial charge in [-0.1, -0.05) is 4.49 Å². The number of amides is 1. The zero-order valence-electron chi connectivity index (χ0n) is 15.7. The smallest absolute Gasteiger partial charge is 0.267 e. The Morgan fingerprint density at radius 1 is 0.889 bits per heavy atom. The fourth-order valence-corrected chi connectivity index (χ4v) is 4.03. The van der Waals surface area contributed by atoms with Gasteiger partial charge in [0.25, 0.3) is 5.91 Å². The molecule has 4 rings (SSSR count). The van der Waals surface area contributed by atoms with Crippen LogP contribution in [0.25, 0.3) is 0 Å². The topological polar surface area (TPSA) is 81.6 Å². The van der Waals surface area contributed by atoms with Crippen molar-refractivity contribution in [3.8, 4) is 0 Å². The van der Waals surface area contributed by atoms with Gasteiger partial charge in [-0.2, -0.15) is 0 Å². The van der Waals surface area contributed by atoms with Crippen LogP contribution >= 0.6 is 11.5 Å². The molecular formula is C17H24N8OS. The highest BCUT2D eigenvalue weighted by Crippen LogP contribution is 2.19. The SMILES string of the molecule is Cc1nnsc1C(=O)N1CCN(c2ccc(N3CCN(C)CC3)nn2)CC1. The Kier molecular flexibility index (Phi) is 5.17. The van der Waals surface area contributed by atoms with E-state index >= 15 is 0 Å². The van der Waals surface area contributed by atoms with Gasteiger partial charge in [0.05, 0.1) is 5.69 Å². The molecule has 2 aliphatic rings. The molecule has 0 N–H and O–H groups in total. The third-order valence-corrected chi connectivity index (χ3v) is 6.02. The minimum Gasteiger partial charge on any atom is -0.353 e. The summed E-state index contributed by atoms with van der Waals surface area (Å²) in [6.07, 6.45) is 0. The van der Waals surface area contributed by atoms with Crippen molar-refractivity contribution in [3.05, 3.63) is 22.7 Å². The fourth-order valence-electron chi connectivity index (χ4n) is 3.40. The van der Waals surface area contributed by atoms with Crippen LogP contribution in [-0.2, 0) is 0 Å². The van der Waals surface area contributed by atoms with Crippen molar-refractivity contribution in [1.29, 1.82) is 0 Å². The van der Waals surface area contributed by atoms with E-state index in [1.54, 1.807) is 0 Å². The molecule has 0 atom stereocenters. The zero-order valence-corrected chi connectivity index (χ0v) is 16.5. The Bertz CT molecular complexity index is 778. The van der Waals surface area contributed by atoms with Gasteiger partial charge in [0.1, 0.15) is 4.88 Å². The van der Waals surface area contributed by atoms with Gasteiger partial charge in [-0.05, 0) is 37.6 Å². The van der Waals surface area contributed by atoms with Crippen LogP contribution in [0.15, 0.2) is 12.1 Å². The van der Waals surface area contributed by atoms with E-state index in [9.17, 15) is 4.79 Å². The summed E-state index contributed by atoms with van der Waals surface area (Å²) in [5, 5.41) is 12.8. The summed E-state index contributed by atoms with van der Waals surface area (Å²) in [4.78, 5) is 21.9. The molecule has 2 saturated heterocycles. The molecule has 9 nitrogen and oxygen atoms in total. The number of carbonyl (C=O) groups is 1. The Morgan fingerprint density at radius 2 is 1.44 bits per heavy atom. The molecule has 0 aromatic carbocycles. The monoisotopic (exact) mass is 388 g/mol. The van der Waals surface area contributed by atoms with Crippen LogP contribution in [-0.4, -0.2) is 94.9 Å². The van der Waals surface area contributed by atoms with E-state index in [1.165, 1.54) is 11.5 Å². The Labute approximate surface area is 162 Å². The highest BCUT2D eigenvalue weighted by molar-refractivity contribution is 7.07. The van der Waals surface area contributed by atoms with Crippen molar-refractivity contribution >= 4 is 29.1 Å². The molecule has 0 radical (unpaired) electrons. The highest BCUT2D eigenvalue weighted by atomic mass is 32.1. The molecule has 4 heterocycles. The minimum atomic E-state index is 0.0265. The lowest BCUT2D eigenvalue weighted by atomic mass is 10.2. The average Bonchev–Trinajstić information content (AvgIpc) is 3.14. The summed E-state index contributed by atoms with van der Waals surface area (Å²) in [5.41, 5.74) is 0.706. The number of anilines is 2. The van der Waals surface area contributed by atoms with Crippen molar-refractivity contribution in [1.82, 2.24) is 29.6 Å². The largest absolute Gasteiger partial charge is 0.353 e. The number of piperazine rings is 2. The molecule has 10 heteroatoms. The van der Waals surface area contributed by atoms with E-state index < -0.39 is 0 Å². The molecule has 0 unspecified atom stereocenters. The number of carbonyl (C=O) groups excluding carboxylic acids is 1. The van der Waals surface area contributed by atoms with Gasteiger partial charge in [-0.3, -0.25) is 4.79 Å². The average molecular weight is 389 g/mol. The summed E-state index contributed by atoms with van der Waals surface area (Å²) in [7, 11) is 2.14. The van der Waals surface area contributed by atoms with Crippen molar-refractivity contribution in [3.63, 3.8) is 0 Å². The van der Waals surface area contributed by atoms with Crippen LogP contribution in [0.5, 0.6) is 0 Å². The first-order chi connectivity index (χ1) is 13.1. The molecule has 0 saturated carbocycles. The standard InChI is InChI=1S/C17H24N8OS/c1-13-16(27-21-18-13)17(26)25-11-9-24(10-12-25)15-4-3-14(19-20-15)23-7-5-22(2)6-8-23/h3-4H,5-12H2,1-2H3. The number of hydrogen-bond donors (Lipinski definition) is 0. The number of rotatable bonds is 3. The zero-order chi connectivity index (χ0) is 18.8. The Morgan fingerprint density at radius 3 is 1.93 bits per heavy atom. The number of aryl methyl sites for hydroxylation is 1. The molecule has 2 aromatic rings. The highest BCUT2D eigenvalue weighted by Gasteiger charge is 2.26. The summed E-state index contributed by atoms with van der Waals surface area (Å²) in [5.74, 6) is 1.84. The second-order valence-corrected chi connectivity index (χ2v) is 7.76. The van der Waals surface area contributed by atoms with Crippen LogP contribution in [0.4, 0.5) is 11.6 Å². The van der Waals surface area contributed by atoms with E-state index in [2.05, 4.69) is 47.6 Å². The maximum absolute atomic E-state index is 12.6. The lowest BCUT2D eigenvalue weighted by Gasteiger charge is -2.35. The molecule has 2 fully saturated rings. The second-order valence-electron chi connectivity index (χ2n) is 7.01. The van der Waals surface area contributed by atoms with Gasteiger partial charge in [0, 0.05) is 52.4 Å². The minimum absolute atomic E-state index is 0.0265. The van der Waals surface area contributed by atoms with Crippen LogP contribution < -0.4 is 9.80 Å². The van der Waals surface area contributed by atoms with E-state index in [-0.39, 0.29) is 5.91 Å². The van der Waals surface area contributed by atoms with Crippen LogP contribution in [0.3, 0.4) is 0 Å². The molecule has 0 bridgehead atoms. The van der Waals surface area contributed by atoms with Gasteiger partial charge in [0.15, 0.2) is 11.6 Å². The maximum Gasteiger partial charge on any atom is 0.267 e. The number of hydrogen-bond acceptors (Lipinski definition) is 9. The van der Waals surface area contributed by atoms with E-state index in [4.69, 9.17) is 0 Å². The predicted octanol–water partition coefficient (Wildman–Crippen LogP) is 0.351. The molecule has 2 aliphatic heterocycles. The Hall–Kier alpha value is -2.33. The van der Waals surface area contributed by atoms with Gasteiger partial charge in [-0.25, -0.2) is 0 Å².